The van der Waals surface area contributed by atoms with Crippen LogP contribution in [0.1, 0.15) is 16.1 Å². The molecule has 1 aromatic carbocycles. The molecule has 5 nitrogen and oxygen atoms in total. The molecule has 0 saturated heterocycles. The standard InChI is InChI=1S/C14H11N3O2S/c18-13(19)11-6-5-9(7-15-11)8-16-14-17-10-3-1-2-4-12(10)20-14/h1-7H,8H2,(H,16,17)(H,18,19). The van der Waals surface area contributed by atoms with Crippen LogP contribution in [0.4, 0.5) is 5.13 Å². The summed E-state index contributed by atoms with van der Waals surface area (Å²) in [5.74, 6) is -1.02. The Bertz CT molecular complexity index is 719. The second-order valence-corrected chi connectivity index (χ2v) is 5.23. The minimum Gasteiger partial charge on any atom is -0.477 e. The van der Waals surface area contributed by atoms with Crippen LogP contribution in [0.2, 0.25) is 0 Å². The normalized spacial score (nSPS) is 10.6. The Morgan fingerprint density at radius 2 is 2.10 bits per heavy atom. The van der Waals surface area contributed by atoms with Gasteiger partial charge in [-0.15, -0.1) is 0 Å². The van der Waals surface area contributed by atoms with Gasteiger partial charge in [-0.2, -0.15) is 0 Å². The fourth-order valence-electron chi connectivity index (χ4n) is 1.78. The quantitative estimate of drug-likeness (QED) is 0.770. The number of hydrogen-bond donors (Lipinski definition) is 2. The van der Waals surface area contributed by atoms with Gasteiger partial charge < -0.3 is 10.4 Å². The zero-order valence-electron chi connectivity index (χ0n) is 10.4. The van der Waals surface area contributed by atoms with Crippen molar-refractivity contribution in [3.05, 3.63) is 53.9 Å². The van der Waals surface area contributed by atoms with Gasteiger partial charge in [-0.3, -0.25) is 0 Å². The van der Waals surface area contributed by atoms with E-state index in [4.69, 9.17) is 5.11 Å². The lowest BCUT2D eigenvalue weighted by Gasteiger charge is -2.02. The third kappa shape index (κ3) is 2.60. The molecule has 0 aliphatic rings. The molecule has 6 heteroatoms. The van der Waals surface area contributed by atoms with Gasteiger partial charge in [0.25, 0.3) is 0 Å². The summed E-state index contributed by atoms with van der Waals surface area (Å²) in [6.45, 7) is 0.562. The maximum Gasteiger partial charge on any atom is 0.354 e. The highest BCUT2D eigenvalue weighted by Crippen LogP contribution is 2.25. The molecule has 3 rings (SSSR count). The average molecular weight is 285 g/mol. The van der Waals surface area contributed by atoms with Gasteiger partial charge in [0.2, 0.25) is 0 Å². The van der Waals surface area contributed by atoms with Gasteiger partial charge in [0, 0.05) is 12.7 Å². The Kier molecular flexibility index (Phi) is 3.30. The molecule has 0 fully saturated rings. The molecule has 0 unspecified atom stereocenters. The first-order valence-corrected chi connectivity index (χ1v) is 6.82. The van der Waals surface area contributed by atoms with E-state index in [1.54, 1.807) is 23.6 Å². The Labute approximate surface area is 118 Å². The highest BCUT2D eigenvalue weighted by Gasteiger charge is 2.05. The Morgan fingerprint density at radius 1 is 1.25 bits per heavy atom. The van der Waals surface area contributed by atoms with Crippen LogP contribution in [0.25, 0.3) is 10.2 Å². The predicted molar refractivity (Wildman–Crippen MR) is 78.1 cm³/mol. The van der Waals surface area contributed by atoms with E-state index in [0.29, 0.717) is 6.54 Å². The summed E-state index contributed by atoms with van der Waals surface area (Å²) >= 11 is 1.59. The van der Waals surface area contributed by atoms with Gasteiger partial charge >= 0.3 is 5.97 Å². The molecule has 0 spiro atoms. The van der Waals surface area contributed by atoms with Crippen LogP contribution in [0.15, 0.2) is 42.6 Å². The Balaban J connectivity index is 1.71. The first-order chi connectivity index (χ1) is 9.72. The molecule has 100 valence electrons. The van der Waals surface area contributed by atoms with Crippen molar-refractivity contribution in [2.75, 3.05) is 5.32 Å². The van der Waals surface area contributed by atoms with Crippen LogP contribution in [-0.4, -0.2) is 21.0 Å². The van der Waals surface area contributed by atoms with Crippen LogP contribution in [0, 0.1) is 0 Å². The number of benzene rings is 1. The van der Waals surface area contributed by atoms with Crippen LogP contribution in [-0.2, 0) is 6.54 Å². The molecule has 2 heterocycles. The molecule has 0 radical (unpaired) electrons. The number of anilines is 1. The van der Waals surface area contributed by atoms with Crippen molar-refractivity contribution in [1.29, 1.82) is 0 Å². The van der Waals surface area contributed by atoms with Gasteiger partial charge in [0.1, 0.15) is 5.69 Å². The summed E-state index contributed by atoms with van der Waals surface area (Å²) in [4.78, 5) is 19.0. The number of pyridine rings is 1. The second kappa shape index (κ2) is 5.26. The van der Waals surface area contributed by atoms with Gasteiger partial charge in [-0.05, 0) is 23.8 Å². The summed E-state index contributed by atoms with van der Waals surface area (Å²) in [5.41, 5.74) is 1.93. The summed E-state index contributed by atoms with van der Waals surface area (Å²) in [6, 6.07) is 11.2. The summed E-state index contributed by atoms with van der Waals surface area (Å²) in [7, 11) is 0. The number of nitrogens with one attached hydrogen (secondary N) is 1. The van der Waals surface area contributed by atoms with Gasteiger partial charge in [0.05, 0.1) is 10.2 Å². The van der Waals surface area contributed by atoms with Gasteiger partial charge in [0.15, 0.2) is 5.13 Å². The van der Waals surface area contributed by atoms with E-state index in [9.17, 15) is 4.79 Å². The third-order valence-electron chi connectivity index (χ3n) is 2.78. The van der Waals surface area contributed by atoms with E-state index in [2.05, 4.69) is 15.3 Å². The second-order valence-electron chi connectivity index (χ2n) is 4.20. The number of carbonyl (C=O) groups is 1. The molecule has 2 N–H and O–H groups in total. The van der Waals surface area contributed by atoms with Crippen molar-refractivity contribution in [1.82, 2.24) is 9.97 Å². The largest absolute Gasteiger partial charge is 0.477 e. The lowest BCUT2D eigenvalue weighted by molar-refractivity contribution is 0.0690. The zero-order chi connectivity index (χ0) is 13.9. The molecule has 0 atom stereocenters. The fourth-order valence-corrected chi connectivity index (χ4v) is 2.64. The first-order valence-electron chi connectivity index (χ1n) is 6.00. The van der Waals surface area contributed by atoms with Crippen LogP contribution in [0.5, 0.6) is 0 Å². The monoisotopic (exact) mass is 285 g/mol. The topological polar surface area (TPSA) is 75.1 Å². The van der Waals surface area contributed by atoms with Crippen molar-refractivity contribution in [2.24, 2.45) is 0 Å². The van der Waals surface area contributed by atoms with Crippen LogP contribution >= 0.6 is 11.3 Å². The SMILES string of the molecule is O=C(O)c1ccc(CNc2nc3ccccc3s2)cn1. The van der Waals surface area contributed by atoms with E-state index in [0.717, 1.165) is 20.9 Å². The highest BCUT2D eigenvalue weighted by atomic mass is 32.1. The van der Waals surface area contributed by atoms with Crippen molar-refractivity contribution >= 4 is 32.7 Å². The minimum atomic E-state index is -1.02. The number of rotatable bonds is 4. The Morgan fingerprint density at radius 3 is 2.80 bits per heavy atom. The van der Waals surface area contributed by atoms with Gasteiger partial charge in [-0.25, -0.2) is 14.8 Å². The molecular formula is C14H11N3O2S. The fraction of sp³-hybridized carbons (Fsp3) is 0.0714. The van der Waals surface area contributed by atoms with E-state index < -0.39 is 5.97 Å². The number of aromatic carboxylic acids is 1. The lowest BCUT2D eigenvalue weighted by atomic mass is 10.2. The van der Waals surface area contributed by atoms with Crippen molar-refractivity contribution in [3.8, 4) is 0 Å². The third-order valence-corrected chi connectivity index (χ3v) is 3.78. The first kappa shape index (κ1) is 12.6. The number of hydrogen-bond acceptors (Lipinski definition) is 5. The number of carboxylic acids is 1. The van der Waals surface area contributed by atoms with E-state index >= 15 is 0 Å². The summed E-state index contributed by atoms with van der Waals surface area (Å²) in [6.07, 6.45) is 1.56. The molecule has 0 bridgehead atoms. The number of aromatic nitrogens is 2. The number of nitrogens with zero attached hydrogens (tertiary/aromatic N) is 2. The Hall–Kier alpha value is -2.47. The molecule has 0 aliphatic carbocycles. The van der Waals surface area contributed by atoms with E-state index in [1.165, 1.54) is 6.07 Å². The molecular weight excluding hydrogens is 274 g/mol. The number of carboxylic acid groups (broad SMARTS) is 1. The maximum absolute atomic E-state index is 10.7. The molecule has 0 amide bonds. The number of fused-ring (bicyclic) bond motifs is 1. The lowest BCUT2D eigenvalue weighted by Crippen LogP contribution is -2.03. The smallest absolute Gasteiger partial charge is 0.354 e. The van der Waals surface area contributed by atoms with Crippen LogP contribution < -0.4 is 5.32 Å². The van der Waals surface area contributed by atoms with Gasteiger partial charge in [-0.1, -0.05) is 29.5 Å². The number of para-hydroxylation sites is 1. The average Bonchev–Trinajstić information content (AvgIpc) is 2.88. The summed E-state index contributed by atoms with van der Waals surface area (Å²) < 4.78 is 1.13. The molecule has 20 heavy (non-hydrogen) atoms. The predicted octanol–water partition coefficient (Wildman–Crippen LogP) is 3.00. The zero-order valence-corrected chi connectivity index (χ0v) is 11.2. The van der Waals surface area contributed by atoms with E-state index in [1.807, 2.05) is 24.3 Å². The summed E-state index contributed by atoms with van der Waals surface area (Å²) in [5, 5.41) is 12.8. The molecule has 0 aliphatic heterocycles. The van der Waals surface area contributed by atoms with Crippen molar-refractivity contribution in [3.63, 3.8) is 0 Å². The van der Waals surface area contributed by atoms with Crippen LogP contribution in [0.3, 0.4) is 0 Å². The molecule has 0 saturated carbocycles. The van der Waals surface area contributed by atoms with E-state index in [-0.39, 0.29) is 5.69 Å². The van der Waals surface area contributed by atoms with Crippen molar-refractivity contribution < 1.29 is 9.90 Å². The molecule has 3 aromatic rings. The number of thiazole rings is 1. The molecule has 2 aromatic heterocycles. The minimum absolute atomic E-state index is 0.0498. The highest BCUT2D eigenvalue weighted by molar-refractivity contribution is 7.22. The maximum atomic E-state index is 10.7. The van der Waals surface area contributed by atoms with Crippen molar-refractivity contribution in [2.45, 2.75) is 6.54 Å².